The smallest absolute Gasteiger partial charge is 0.209 e. The van der Waals surface area contributed by atoms with Crippen molar-refractivity contribution in [1.82, 2.24) is 20.3 Å². The molecule has 0 aromatic rings. The topological polar surface area (TPSA) is 85.8 Å². The predicted octanol–water partition coefficient (Wildman–Crippen LogP) is 0.988. The highest BCUT2D eigenvalue weighted by atomic mass is 32.2. The Labute approximate surface area is 148 Å². The van der Waals surface area contributed by atoms with E-state index in [0.29, 0.717) is 24.6 Å². The van der Waals surface area contributed by atoms with Crippen LogP contribution in [-0.4, -0.2) is 69.3 Å². The van der Waals surface area contributed by atoms with Crippen molar-refractivity contribution in [1.29, 1.82) is 0 Å². The molecule has 0 bridgehead atoms. The van der Waals surface area contributed by atoms with Crippen LogP contribution in [0.1, 0.15) is 48.5 Å². The summed E-state index contributed by atoms with van der Waals surface area (Å²) < 4.78 is 25.4. The average molecular weight is 364 g/mol. The van der Waals surface area contributed by atoms with Gasteiger partial charge in [-0.3, -0.25) is 9.89 Å². The van der Waals surface area contributed by atoms with Gasteiger partial charge >= 0.3 is 0 Å². The number of rotatable bonds is 10. The van der Waals surface area contributed by atoms with Crippen LogP contribution in [0.25, 0.3) is 0 Å². The molecule has 0 aliphatic rings. The van der Waals surface area contributed by atoms with Gasteiger partial charge in [0.25, 0.3) is 0 Å². The fourth-order valence-corrected chi connectivity index (χ4v) is 3.64. The first-order valence-electron chi connectivity index (χ1n) is 8.65. The summed E-state index contributed by atoms with van der Waals surface area (Å²) in [4.78, 5) is 6.91. The lowest BCUT2D eigenvalue weighted by Crippen LogP contribution is -2.48. The second kappa shape index (κ2) is 10.2. The number of nitrogens with zero attached hydrogens (tertiary/aromatic N) is 2. The Kier molecular flexibility index (Phi) is 9.84. The Bertz CT molecular complexity index is 479. The number of guanidine groups is 1. The van der Waals surface area contributed by atoms with Crippen molar-refractivity contribution in [3.63, 3.8) is 0 Å². The molecule has 0 saturated heterocycles. The third-order valence-corrected chi connectivity index (χ3v) is 4.35. The van der Waals surface area contributed by atoms with Crippen molar-refractivity contribution in [2.75, 3.05) is 32.4 Å². The van der Waals surface area contributed by atoms with Crippen molar-refractivity contribution in [2.45, 2.75) is 66.1 Å². The Morgan fingerprint density at radius 3 is 2.08 bits per heavy atom. The zero-order valence-electron chi connectivity index (χ0n) is 16.6. The minimum absolute atomic E-state index is 0.355. The third kappa shape index (κ3) is 10.8. The van der Waals surface area contributed by atoms with Gasteiger partial charge in [0.2, 0.25) is 10.0 Å². The summed E-state index contributed by atoms with van der Waals surface area (Å²) in [6.45, 7) is 17.2. The number of aliphatic imine (C=N–C) groups is 1. The summed E-state index contributed by atoms with van der Waals surface area (Å²) in [6.07, 6.45) is 1.16. The van der Waals surface area contributed by atoms with Gasteiger partial charge in [0, 0.05) is 37.3 Å². The summed E-state index contributed by atoms with van der Waals surface area (Å²) in [6, 6.07) is 0.980. The van der Waals surface area contributed by atoms with Gasteiger partial charge in [-0.25, -0.2) is 13.1 Å². The minimum Gasteiger partial charge on any atom is -0.357 e. The van der Waals surface area contributed by atoms with Gasteiger partial charge in [0.1, 0.15) is 0 Å². The monoisotopic (exact) mass is 363 g/mol. The quantitative estimate of drug-likeness (QED) is 0.398. The Balaban J connectivity index is 4.68. The van der Waals surface area contributed by atoms with Crippen LogP contribution in [0.2, 0.25) is 0 Å². The number of sulfonamides is 1. The SMILES string of the molecule is CCNC(=NCC(C)(C)NS(C)(=O)=O)NCCN(C(C)C)C(C)C. The summed E-state index contributed by atoms with van der Waals surface area (Å²) in [5.74, 6) is 0.702. The molecule has 0 aromatic carbocycles. The van der Waals surface area contributed by atoms with Gasteiger partial charge in [-0.2, -0.15) is 0 Å². The third-order valence-electron chi connectivity index (χ3n) is 3.43. The summed E-state index contributed by atoms with van der Waals surface area (Å²) in [5.41, 5.74) is -0.627. The second-order valence-electron chi connectivity index (χ2n) is 7.31. The lowest BCUT2D eigenvalue weighted by Gasteiger charge is -2.30. The van der Waals surface area contributed by atoms with Crippen LogP contribution in [0.4, 0.5) is 0 Å². The predicted molar refractivity (Wildman–Crippen MR) is 103 cm³/mol. The highest BCUT2D eigenvalue weighted by molar-refractivity contribution is 7.88. The highest BCUT2D eigenvalue weighted by Gasteiger charge is 2.22. The van der Waals surface area contributed by atoms with Gasteiger partial charge in [0.15, 0.2) is 5.96 Å². The molecule has 0 spiro atoms. The van der Waals surface area contributed by atoms with E-state index in [4.69, 9.17) is 0 Å². The van der Waals surface area contributed by atoms with Crippen molar-refractivity contribution < 1.29 is 8.42 Å². The molecule has 0 atom stereocenters. The molecule has 0 fully saturated rings. The Morgan fingerprint density at radius 2 is 1.67 bits per heavy atom. The van der Waals surface area contributed by atoms with E-state index in [0.717, 1.165) is 25.9 Å². The largest absolute Gasteiger partial charge is 0.357 e. The van der Waals surface area contributed by atoms with E-state index in [1.165, 1.54) is 0 Å². The lowest BCUT2D eigenvalue weighted by atomic mass is 10.1. The van der Waals surface area contributed by atoms with Gasteiger partial charge in [-0.15, -0.1) is 0 Å². The zero-order chi connectivity index (χ0) is 19.0. The summed E-state index contributed by atoms with van der Waals surface area (Å²) in [7, 11) is -3.26. The van der Waals surface area contributed by atoms with E-state index in [9.17, 15) is 8.42 Å². The van der Waals surface area contributed by atoms with Crippen molar-refractivity contribution in [3.8, 4) is 0 Å². The van der Waals surface area contributed by atoms with E-state index in [-0.39, 0.29) is 0 Å². The number of hydrogen-bond donors (Lipinski definition) is 3. The summed E-state index contributed by atoms with van der Waals surface area (Å²) >= 11 is 0. The maximum absolute atomic E-state index is 11.4. The lowest BCUT2D eigenvalue weighted by molar-refractivity contribution is 0.178. The molecule has 0 aliphatic heterocycles. The van der Waals surface area contributed by atoms with E-state index >= 15 is 0 Å². The fourth-order valence-electron chi connectivity index (χ4n) is 2.57. The Morgan fingerprint density at radius 1 is 1.12 bits per heavy atom. The van der Waals surface area contributed by atoms with Crippen LogP contribution in [0.15, 0.2) is 4.99 Å². The van der Waals surface area contributed by atoms with E-state index < -0.39 is 15.6 Å². The first-order chi connectivity index (χ1) is 10.9. The molecule has 0 saturated carbocycles. The van der Waals surface area contributed by atoms with Crippen LogP contribution in [-0.2, 0) is 10.0 Å². The normalized spacial score (nSPS) is 13.9. The van der Waals surface area contributed by atoms with E-state index in [2.05, 4.69) is 52.9 Å². The molecule has 24 heavy (non-hydrogen) atoms. The molecule has 0 aromatic heterocycles. The summed E-state index contributed by atoms with van der Waals surface area (Å²) in [5, 5.41) is 6.51. The highest BCUT2D eigenvalue weighted by Crippen LogP contribution is 2.05. The molecule has 0 aliphatic carbocycles. The Hall–Kier alpha value is -0.860. The molecule has 144 valence electrons. The van der Waals surface area contributed by atoms with Crippen LogP contribution in [0.5, 0.6) is 0 Å². The zero-order valence-corrected chi connectivity index (χ0v) is 17.4. The maximum Gasteiger partial charge on any atom is 0.209 e. The standard InChI is InChI=1S/C16H37N5O2S/c1-9-17-15(18-10-11-21(13(2)3)14(4)5)19-12-16(6,7)20-24(8,22)23/h13-14,20H,9-12H2,1-8H3,(H2,17,18,19). The molecular formula is C16H37N5O2S. The van der Waals surface area contributed by atoms with Crippen LogP contribution < -0.4 is 15.4 Å². The second-order valence-corrected chi connectivity index (χ2v) is 9.05. The number of hydrogen-bond acceptors (Lipinski definition) is 4. The molecule has 0 radical (unpaired) electrons. The molecular weight excluding hydrogens is 326 g/mol. The number of nitrogens with one attached hydrogen (secondary N) is 3. The van der Waals surface area contributed by atoms with Gasteiger partial charge in [0.05, 0.1) is 12.8 Å². The first-order valence-corrected chi connectivity index (χ1v) is 10.5. The van der Waals surface area contributed by atoms with Gasteiger partial charge < -0.3 is 10.6 Å². The molecule has 0 heterocycles. The van der Waals surface area contributed by atoms with Crippen LogP contribution >= 0.6 is 0 Å². The van der Waals surface area contributed by atoms with Gasteiger partial charge in [-0.05, 0) is 48.5 Å². The van der Waals surface area contributed by atoms with Crippen molar-refractivity contribution in [3.05, 3.63) is 0 Å². The first kappa shape index (κ1) is 23.1. The molecule has 0 unspecified atom stereocenters. The van der Waals surface area contributed by atoms with Crippen molar-refractivity contribution >= 4 is 16.0 Å². The minimum atomic E-state index is -3.26. The average Bonchev–Trinajstić information content (AvgIpc) is 2.37. The molecule has 0 rings (SSSR count). The molecule has 7 nitrogen and oxygen atoms in total. The maximum atomic E-state index is 11.4. The van der Waals surface area contributed by atoms with Crippen LogP contribution in [0, 0.1) is 0 Å². The van der Waals surface area contributed by atoms with Gasteiger partial charge in [-0.1, -0.05) is 0 Å². The fraction of sp³-hybridized carbons (Fsp3) is 0.938. The molecule has 0 amide bonds. The van der Waals surface area contributed by atoms with E-state index in [1.807, 2.05) is 20.8 Å². The van der Waals surface area contributed by atoms with Crippen molar-refractivity contribution in [2.24, 2.45) is 4.99 Å². The molecule has 3 N–H and O–H groups in total. The van der Waals surface area contributed by atoms with E-state index in [1.54, 1.807) is 0 Å². The molecule has 8 heteroatoms. The van der Waals surface area contributed by atoms with Crippen LogP contribution in [0.3, 0.4) is 0 Å².